The molecule has 2 rings (SSSR count). The van der Waals surface area contributed by atoms with Crippen molar-refractivity contribution in [2.45, 2.75) is 6.92 Å². The van der Waals surface area contributed by atoms with E-state index in [0.717, 1.165) is 5.56 Å². The van der Waals surface area contributed by atoms with Gasteiger partial charge in [-0.15, -0.1) is 0 Å². The lowest BCUT2D eigenvalue weighted by Gasteiger charge is -2.04. The Morgan fingerprint density at radius 1 is 1.19 bits per heavy atom. The predicted molar refractivity (Wildman–Crippen MR) is 61.4 cm³/mol. The summed E-state index contributed by atoms with van der Waals surface area (Å²) in [6.45, 7) is 1.94. The standard InChI is InChI=1S/C14H11O2/c1-11-6-5-7-12(10-11)14(15)16-13-8-3-2-4-9-13/h3-10H,1H3. The number of aryl methyl sites for hydroxylation is 1. The fourth-order valence-electron chi connectivity index (χ4n) is 1.38. The molecular weight excluding hydrogens is 200 g/mol. The largest absolute Gasteiger partial charge is 0.423 e. The van der Waals surface area contributed by atoms with Gasteiger partial charge in [0.2, 0.25) is 0 Å². The number of hydrogen-bond donors (Lipinski definition) is 0. The highest BCUT2D eigenvalue weighted by Gasteiger charge is 2.07. The minimum Gasteiger partial charge on any atom is -0.423 e. The SMILES string of the molecule is Cc1cccc(C(=O)Oc2cc[c]cc2)c1. The van der Waals surface area contributed by atoms with Gasteiger partial charge >= 0.3 is 5.97 Å². The summed E-state index contributed by atoms with van der Waals surface area (Å²) < 4.78 is 5.20. The van der Waals surface area contributed by atoms with Crippen molar-refractivity contribution < 1.29 is 9.53 Å². The lowest BCUT2D eigenvalue weighted by atomic mass is 10.1. The molecule has 2 heteroatoms. The smallest absolute Gasteiger partial charge is 0.343 e. The third kappa shape index (κ3) is 2.48. The highest BCUT2D eigenvalue weighted by molar-refractivity contribution is 5.91. The van der Waals surface area contributed by atoms with Crippen LogP contribution in [0.1, 0.15) is 15.9 Å². The normalized spacial score (nSPS) is 9.81. The van der Waals surface area contributed by atoms with E-state index >= 15 is 0 Å². The zero-order valence-electron chi connectivity index (χ0n) is 8.94. The highest BCUT2D eigenvalue weighted by Crippen LogP contribution is 2.12. The molecule has 0 N–H and O–H groups in total. The second-order valence-corrected chi connectivity index (χ2v) is 3.49. The summed E-state index contributed by atoms with van der Waals surface area (Å²) in [6.07, 6.45) is 0. The Bertz CT molecular complexity index is 489. The summed E-state index contributed by atoms with van der Waals surface area (Å²) in [5, 5.41) is 0. The first-order chi connectivity index (χ1) is 7.75. The number of carbonyl (C=O) groups excluding carboxylic acids is 1. The molecule has 0 heterocycles. The number of carbonyl (C=O) groups is 1. The molecular formula is C14H11O2. The van der Waals surface area contributed by atoms with Crippen LogP contribution in [0.2, 0.25) is 0 Å². The van der Waals surface area contributed by atoms with E-state index in [1.54, 1.807) is 36.4 Å². The lowest BCUT2D eigenvalue weighted by Crippen LogP contribution is -2.08. The Labute approximate surface area is 94.5 Å². The maximum Gasteiger partial charge on any atom is 0.343 e. The Kier molecular flexibility index (Phi) is 3.01. The topological polar surface area (TPSA) is 26.3 Å². The molecule has 0 spiro atoms. The van der Waals surface area contributed by atoms with Crippen LogP contribution in [0.5, 0.6) is 5.75 Å². The van der Waals surface area contributed by atoms with Crippen LogP contribution in [0.25, 0.3) is 0 Å². The Morgan fingerprint density at radius 3 is 2.62 bits per heavy atom. The molecule has 0 aromatic heterocycles. The summed E-state index contributed by atoms with van der Waals surface area (Å²) in [5.41, 5.74) is 1.60. The second kappa shape index (κ2) is 4.62. The van der Waals surface area contributed by atoms with E-state index in [2.05, 4.69) is 6.07 Å². The van der Waals surface area contributed by atoms with Crippen LogP contribution in [0.3, 0.4) is 0 Å². The molecule has 0 aliphatic carbocycles. The van der Waals surface area contributed by atoms with Crippen molar-refractivity contribution in [3.8, 4) is 5.75 Å². The van der Waals surface area contributed by atoms with Crippen LogP contribution >= 0.6 is 0 Å². The molecule has 2 nitrogen and oxygen atoms in total. The van der Waals surface area contributed by atoms with Crippen molar-refractivity contribution in [2.75, 3.05) is 0 Å². The third-order valence-electron chi connectivity index (χ3n) is 2.15. The molecule has 0 aliphatic heterocycles. The first-order valence-corrected chi connectivity index (χ1v) is 5.01. The van der Waals surface area contributed by atoms with Gasteiger partial charge in [0.05, 0.1) is 5.56 Å². The van der Waals surface area contributed by atoms with Gasteiger partial charge in [-0.3, -0.25) is 0 Å². The zero-order chi connectivity index (χ0) is 11.4. The van der Waals surface area contributed by atoms with E-state index in [-0.39, 0.29) is 5.97 Å². The van der Waals surface area contributed by atoms with Gasteiger partial charge in [0.15, 0.2) is 0 Å². The first-order valence-electron chi connectivity index (χ1n) is 5.01. The molecule has 2 aromatic carbocycles. The molecule has 1 radical (unpaired) electrons. The minimum absolute atomic E-state index is 0.338. The average molecular weight is 211 g/mol. The van der Waals surface area contributed by atoms with E-state index in [1.165, 1.54) is 0 Å². The van der Waals surface area contributed by atoms with Crippen molar-refractivity contribution >= 4 is 5.97 Å². The number of hydrogen-bond acceptors (Lipinski definition) is 2. The number of ether oxygens (including phenoxy) is 1. The van der Waals surface area contributed by atoms with E-state index < -0.39 is 0 Å². The summed E-state index contributed by atoms with van der Waals surface area (Å²) in [5.74, 6) is 0.195. The Morgan fingerprint density at radius 2 is 1.94 bits per heavy atom. The molecule has 0 amide bonds. The molecule has 0 bridgehead atoms. The quantitative estimate of drug-likeness (QED) is 0.563. The summed E-state index contributed by atoms with van der Waals surface area (Å²) >= 11 is 0. The maximum atomic E-state index is 11.7. The fraction of sp³-hybridized carbons (Fsp3) is 0.0714. The van der Waals surface area contributed by atoms with Crippen molar-refractivity contribution in [2.24, 2.45) is 0 Å². The van der Waals surface area contributed by atoms with Gasteiger partial charge in [-0.1, -0.05) is 29.8 Å². The molecule has 16 heavy (non-hydrogen) atoms. The van der Waals surface area contributed by atoms with Gasteiger partial charge in [-0.05, 0) is 37.3 Å². The molecule has 0 aliphatic rings. The van der Waals surface area contributed by atoms with Crippen LogP contribution in [0.4, 0.5) is 0 Å². The van der Waals surface area contributed by atoms with E-state index in [9.17, 15) is 4.79 Å². The van der Waals surface area contributed by atoms with Crippen LogP contribution in [-0.4, -0.2) is 5.97 Å². The molecule has 79 valence electrons. The molecule has 2 aromatic rings. The van der Waals surface area contributed by atoms with Crippen molar-refractivity contribution in [3.63, 3.8) is 0 Å². The van der Waals surface area contributed by atoms with Gasteiger partial charge < -0.3 is 4.74 Å². The Balaban J connectivity index is 2.15. The number of esters is 1. The number of rotatable bonds is 2. The molecule has 0 saturated heterocycles. The van der Waals surface area contributed by atoms with Crippen LogP contribution in [0.15, 0.2) is 48.5 Å². The van der Waals surface area contributed by atoms with E-state index in [4.69, 9.17) is 4.74 Å². The highest BCUT2D eigenvalue weighted by atomic mass is 16.5. The monoisotopic (exact) mass is 211 g/mol. The van der Waals surface area contributed by atoms with Gasteiger partial charge in [0, 0.05) is 0 Å². The summed E-state index contributed by atoms with van der Waals surface area (Å²) in [6, 6.07) is 17.0. The van der Waals surface area contributed by atoms with E-state index in [1.807, 2.05) is 19.1 Å². The average Bonchev–Trinajstić information content (AvgIpc) is 2.30. The molecule has 0 atom stereocenters. The van der Waals surface area contributed by atoms with Gasteiger partial charge in [-0.25, -0.2) is 4.79 Å². The number of benzene rings is 2. The van der Waals surface area contributed by atoms with Crippen molar-refractivity contribution in [1.29, 1.82) is 0 Å². The van der Waals surface area contributed by atoms with Crippen LogP contribution in [0, 0.1) is 13.0 Å². The lowest BCUT2D eigenvalue weighted by molar-refractivity contribution is 0.0734. The Hall–Kier alpha value is -2.09. The third-order valence-corrected chi connectivity index (χ3v) is 2.15. The minimum atomic E-state index is -0.338. The van der Waals surface area contributed by atoms with Gasteiger partial charge in [-0.2, -0.15) is 0 Å². The molecule has 0 saturated carbocycles. The first kappa shape index (κ1) is 10.4. The zero-order valence-corrected chi connectivity index (χ0v) is 8.94. The van der Waals surface area contributed by atoms with Gasteiger partial charge in [0.25, 0.3) is 0 Å². The van der Waals surface area contributed by atoms with E-state index in [0.29, 0.717) is 11.3 Å². The summed E-state index contributed by atoms with van der Waals surface area (Å²) in [4.78, 5) is 11.7. The van der Waals surface area contributed by atoms with Crippen molar-refractivity contribution in [3.05, 3.63) is 65.7 Å². The molecule has 0 fully saturated rings. The predicted octanol–water partition coefficient (Wildman–Crippen LogP) is 3.01. The molecule has 0 unspecified atom stereocenters. The fourth-order valence-corrected chi connectivity index (χ4v) is 1.38. The van der Waals surface area contributed by atoms with Crippen LogP contribution < -0.4 is 4.74 Å². The van der Waals surface area contributed by atoms with Crippen molar-refractivity contribution in [1.82, 2.24) is 0 Å². The maximum absolute atomic E-state index is 11.7. The summed E-state index contributed by atoms with van der Waals surface area (Å²) in [7, 11) is 0. The van der Waals surface area contributed by atoms with Gasteiger partial charge in [0.1, 0.15) is 5.75 Å². The van der Waals surface area contributed by atoms with Crippen LogP contribution in [-0.2, 0) is 0 Å². The second-order valence-electron chi connectivity index (χ2n) is 3.49.